The molecule has 2 rings (SSSR count). The van der Waals surface area contributed by atoms with Crippen LogP contribution < -0.4 is 0 Å². The van der Waals surface area contributed by atoms with Crippen LogP contribution in [-0.2, 0) is 23.0 Å². The van der Waals surface area contributed by atoms with Gasteiger partial charge in [-0.1, -0.05) is 6.07 Å². The summed E-state index contributed by atoms with van der Waals surface area (Å²) < 4.78 is 6.50. The summed E-state index contributed by atoms with van der Waals surface area (Å²) >= 11 is 0. The van der Waals surface area contributed by atoms with E-state index in [0.29, 0.717) is 0 Å². The summed E-state index contributed by atoms with van der Waals surface area (Å²) in [4.78, 5) is 11.2. The van der Waals surface area contributed by atoms with Gasteiger partial charge in [-0.15, -0.1) is 0 Å². The number of carbonyl (C=O) groups is 1. The second kappa shape index (κ2) is 3.89. The second-order valence-electron chi connectivity index (χ2n) is 3.69. The van der Waals surface area contributed by atoms with Gasteiger partial charge in [0.25, 0.3) is 0 Å². The number of ether oxygens (including phenoxy) is 1. The van der Waals surface area contributed by atoms with Gasteiger partial charge in [0.15, 0.2) is 0 Å². The van der Waals surface area contributed by atoms with Crippen LogP contribution in [0.2, 0.25) is 0 Å². The van der Waals surface area contributed by atoms with Crippen molar-refractivity contribution in [3.8, 4) is 5.75 Å². The monoisotopic (exact) mass is 219 g/mol. The molecule has 1 aromatic carbocycles. The van der Waals surface area contributed by atoms with Crippen molar-refractivity contribution in [2.45, 2.75) is 6.42 Å². The molecule has 0 amide bonds. The number of aryl methyl sites for hydroxylation is 1. The van der Waals surface area contributed by atoms with E-state index in [1.54, 1.807) is 12.1 Å². The highest BCUT2D eigenvalue weighted by Crippen LogP contribution is 2.29. The summed E-state index contributed by atoms with van der Waals surface area (Å²) in [7, 11) is 3.23. The first kappa shape index (κ1) is 10.5. The molecule has 0 aliphatic rings. The van der Waals surface area contributed by atoms with Crippen molar-refractivity contribution in [3.05, 3.63) is 30.0 Å². The van der Waals surface area contributed by atoms with Gasteiger partial charge in [0, 0.05) is 18.6 Å². The Hall–Kier alpha value is -1.97. The molecule has 84 valence electrons. The van der Waals surface area contributed by atoms with Crippen LogP contribution in [0.4, 0.5) is 0 Å². The van der Waals surface area contributed by atoms with Crippen LogP contribution >= 0.6 is 0 Å². The van der Waals surface area contributed by atoms with Crippen LogP contribution in [0.1, 0.15) is 5.56 Å². The zero-order chi connectivity index (χ0) is 11.7. The largest absolute Gasteiger partial charge is 0.507 e. The van der Waals surface area contributed by atoms with Gasteiger partial charge in [-0.05, 0) is 17.7 Å². The number of phenolic OH excluding ortho intramolecular Hbond substituents is 1. The van der Waals surface area contributed by atoms with E-state index in [9.17, 15) is 9.90 Å². The molecule has 1 N–H and O–H groups in total. The number of hydrogen-bond donors (Lipinski definition) is 1. The Morgan fingerprint density at radius 2 is 2.25 bits per heavy atom. The molecule has 1 heterocycles. The minimum absolute atomic E-state index is 0.172. The molecule has 0 bridgehead atoms. The fraction of sp³-hybridized carbons (Fsp3) is 0.250. The molecule has 16 heavy (non-hydrogen) atoms. The maximum Gasteiger partial charge on any atom is 0.310 e. The van der Waals surface area contributed by atoms with Gasteiger partial charge in [-0.2, -0.15) is 0 Å². The van der Waals surface area contributed by atoms with Crippen LogP contribution in [0.25, 0.3) is 10.9 Å². The van der Waals surface area contributed by atoms with Gasteiger partial charge < -0.3 is 14.4 Å². The van der Waals surface area contributed by atoms with Crippen molar-refractivity contribution >= 4 is 16.9 Å². The van der Waals surface area contributed by atoms with E-state index in [0.717, 1.165) is 16.5 Å². The molecule has 0 aliphatic carbocycles. The van der Waals surface area contributed by atoms with Crippen LogP contribution in [0.3, 0.4) is 0 Å². The first-order valence-electron chi connectivity index (χ1n) is 4.96. The Morgan fingerprint density at radius 1 is 1.50 bits per heavy atom. The lowest BCUT2D eigenvalue weighted by Crippen LogP contribution is -2.03. The lowest BCUT2D eigenvalue weighted by Gasteiger charge is -2.00. The summed E-state index contributed by atoms with van der Waals surface area (Å²) in [5.41, 5.74) is 1.68. The number of phenols is 1. The number of aromatic nitrogens is 1. The zero-order valence-electron chi connectivity index (χ0n) is 9.23. The zero-order valence-corrected chi connectivity index (χ0v) is 9.23. The van der Waals surface area contributed by atoms with Crippen LogP contribution in [0, 0.1) is 0 Å². The molecule has 0 unspecified atom stereocenters. The summed E-state index contributed by atoms with van der Waals surface area (Å²) in [5.74, 6) is -0.118. The van der Waals surface area contributed by atoms with Crippen LogP contribution in [0.5, 0.6) is 5.75 Å². The predicted molar refractivity (Wildman–Crippen MR) is 60.3 cm³/mol. The highest BCUT2D eigenvalue weighted by atomic mass is 16.5. The first-order chi connectivity index (χ1) is 7.63. The van der Waals surface area contributed by atoms with Gasteiger partial charge in [0.1, 0.15) is 5.75 Å². The minimum Gasteiger partial charge on any atom is -0.507 e. The number of aromatic hydroxyl groups is 1. The third-order valence-electron chi connectivity index (χ3n) is 2.63. The summed E-state index contributed by atoms with van der Waals surface area (Å²) in [6.45, 7) is 0. The van der Waals surface area contributed by atoms with Crippen molar-refractivity contribution in [3.63, 3.8) is 0 Å². The first-order valence-corrected chi connectivity index (χ1v) is 4.96. The lowest BCUT2D eigenvalue weighted by atomic mass is 10.1. The number of hydrogen-bond acceptors (Lipinski definition) is 3. The molecule has 0 fully saturated rings. The third kappa shape index (κ3) is 1.62. The number of rotatable bonds is 2. The van der Waals surface area contributed by atoms with Crippen LogP contribution in [-0.4, -0.2) is 22.8 Å². The van der Waals surface area contributed by atoms with Crippen LogP contribution in [0.15, 0.2) is 24.4 Å². The van der Waals surface area contributed by atoms with Crippen molar-refractivity contribution in [1.29, 1.82) is 0 Å². The standard InChI is InChI=1S/C12H13NO3/c1-13-7-8(6-11(15)16-2)12-9(13)4-3-5-10(12)14/h3-5,7,14H,6H2,1-2H3. The Kier molecular flexibility index (Phi) is 2.56. The average Bonchev–Trinajstić information content (AvgIpc) is 2.57. The molecule has 0 saturated carbocycles. The molecule has 0 radical (unpaired) electrons. The van der Waals surface area contributed by atoms with E-state index >= 15 is 0 Å². The third-order valence-corrected chi connectivity index (χ3v) is 2.63. The minimum atomic E-state index is -0.309. The quantitative estimate of drug-likeness (QED) is 0.780. The molecule has 1 aromatic heterocycles. The van der Waals surface area contributed by atoms with Gasteiger partial charge in [0.2, 0.25) is 0 Å². The Morgan fingerprint density at radius 3 is 2.94 bits per heavy atom. The molecular weight excluding hydrogens is 206 g/mol. The van der Waals surface area contributed by atoms with E-state index in [1.165, 1.54) is 7.11 Å². The van der Waals surface area contributed by atoms with Crippen molar-refractivity contribution < 1.29 is 14.6 Å². The predicted octanol–water partition coefficient (Wildman–Crippen LogP) is 1.60. The van der Waals surface area contributed by atoms with Crippen molar-refractivity contribution in [2.24, 2.45) is 7.05 Å². The maximum absolute atomic E-state index is 11.2. The van der Waals surface area contributed by atoms with Crippen molar-refractivity contribution in [1.82, 2.24) is 4.57 Å². The summed E-state index contributed by atoms with van der Waals surface area (Å²) in [5, 5.41) is 10.5. The van der Waals surface area contributed by atoms with E-state index in [4.69, 9.17) is 0 Å². The van der Waals surface area contributed by atoms with E-state index < -0.39 is 0 Å². The molecule has 4 nitrogen and oxygen atoms in total. The second-order valence-corrected chi connectivity index (χ2v) is 3.69. The Bertz CT molecular complexity index is 542. The smallest absolute Gasteiger partial charge is 0.310 e. The van der Waals surface area contributed by atoms with Gasteiger partial charge >= 0.3 is 5.97 Å². The average molecular weight is 219 g/mol. The topological polar surface area (TPSA) is 51.5 Å². The van der Waals surface area contributed by atoms with E-state index in [2.05, 4.69) is 4.74 Å². The Labute approximate surface area is 93.1 Å². The molecule has 2 aromatic rings. The maximum atomic E-state index is 11.2. The normalized spacial score (nSPS) is 10.6. The Balaban J connectivity index is 2.57. The number of benzene rings is 1. The molecule has 4 heteroatoms. The fourth-order valence-electron chi connectivity index (χ4n) is 1.88. The number of methoxy groups -OCH3 is 1. The number of esters is 1. The molecule has 0 atom stereocenters. The van der Waals surface area contributed by atoms with Crippen molar-refractivity contribution in [2.75, 3.05) is 7.11 Å². The number of carbonyl (C=O) groups excluding carboxylic acids is 1. The SMILES string of the molecule is COC(=O)Cc1cn(C)c2cccc(O)c12. The van der Waals surface area contributed by atoms with Gasteiger partial charge in [0.05, 0.1) is 19.0 Å². The van der Waals surface area contributed by atoms with E-state index in [1.807, 2.05) is 23.9 Å². The number of nitrogens with zero attached hydrogens (tertiary/aromatic N) is 1. The number of fused-ring (bicyclic) bond motifs is 1. The highest BCUT2D eigenvalue weighted by molar-refractivity contribution is 5.92. The molecular formula is C12H13NO3. The van der Waals surface area contributed by atoms with Gasteiger partial charge in [-0.25, -0.2) is 0 Å². The lowest BCUT2D eigenvalue weighted by molar-refractivity contribution is -0.139. The molecule has 0 saturated heterocycles. The van der Waals surface area contributed by atoms with E-state index in [-0.39, 0.29) is 18.1 Å². The molecule has 0 aliphatic heterocycles. The highest BCUT2D eigenvalue weighted by Gasteiger charge is 2.13. The summed E-state index contributed by atoms with van der Waals surface area (Å²) in [6.07, 6.45) is 2.01. The fourth-order valence-corrected chi connectivity index (χ4v) is 1.88. The summed E-state index contributed by atoms with van der Waals surface area (Å²) in [6, 6.07) is 5.29. The van der Waals surface area contributed by atoms with Gasteiger partial charge in [-0.3, -0.25) is 4.79 Å². The molecule has 0 spiro atoms.